The molecule has 1 fully saturated rings. The second-order valence-electron chi connectivity index (χ2n) is 7.40. The van der Waals surface area contributed by atoms with Gasteiger partial charge in [0.2, 0.25) is 5.91 Å². The maximum absolute atomic E-state index is 12.9. The molecule has 4 rings (SSSR count). The van der Waals surface area contributed by atoms with Crippen LogP contribution in [-0.2, 0) is 14.8 Å². The number of hydrogen-bond acceptors (Lipinski definition) is 3. The lowest BCUT2D eigenvalue weighted by Crippen LogP contribution is -2.39. The molecule has 0 radical (unpaired) electrons. The molecule has 2 heterocycles. The minimum atomic E-state index is -3.52. The Bertz CT molecular complexity index is 949. The van der Waals surface area contributed by atoms with E-state index in [0.717, 1.165) is 36.0 Å². The van der Waals surface area contributed by atoms with Gasteiger partial charge in [-0.3, -0.25) is 9.10 Å². The summed E-state index contributed by atoms with van der Waals surface area (Å²) in [5, 5.41) is 1.73. The average Bonchev–Trinajstić information content (AvgIpc) is 2.85. The number of benzene rings is 2. The van der Waals surface area contributed by atoms with Crippen LogP contribution in [0.1, 0.15) is 32.6 Å². The molecule has 0 bridgehead atoms. The number of anilines is 1. The van der Waals surface area contributed by atoms with Crippen LogP contribution in [0, 0.1) is 5.92 Å². The van der Waals surface area contributed by atoms with Gasteiger partial charge in [-0.05, 0) is 42.7 Å². The predicted octanol–water partition coefficient (Wildman–Crippen LogP) is 3.39. The number of likely N-dealkylation sites (tertiary alicyclic amines) is 1. The van der Waals surface area contributed by atoms with Crippen LogP contribution in [0.3, 0.4) is 0 Å². The molecule has 0 saturated carbocycles. The normalized spacial score (nSPS) is 21.3. The molecule has 0 spiro atoms. The highest BCUT2D eigenvalue weighted by molar-refractivity contribution is 7.93. The zero-order valence-electron chi connectivity index (χ0n) is 15.0. The summed E-state index contributed by atoms with van der Waals surface area (Å²) >= 11 is 0. The Balaban J connectivity index is 1.48. The standard InChI is InChI=1S/C20H24N2O3S/c1-15-6-4-12-21(14-15)19(23)11-5-13-22-17-9-2-7-16-8-3-10-18(20(16)17)26(22,24)25/h2-3,7-10,15H,4-6,11-14H2,1H3/t15-/m0/s1. The fourth-order valence-corrected chi connectivity index (χ4v) is 5.90. The molecule has 2 aromatic carbocycles. The van der Waals surface area contributed by atoms with Crippen molar-refractivity contribution in [2.75, 3.05) is 23.9 Å². The van der Waals surface area contributed by atoms with E-state index in [0.29, 0.717) is 30.2 Å². The van der Waals surface area contributed by atoms with Crippen molar-refractivity contribution in [2.24, 2.45) is 5.92 Å². The van der Waals surface area contributed by atoms with Gasteiger partial charge in [0.15, 0.2) is 0 Å². The number of nitrogens with zero attached hydrogens (tertiary/aromatic N) is 2. The second-order valence-corrected chi connectivity index (χ2v) is 9.23. The highest BCUT2D eigenvalue weighted by Crippen LogP contribution is 2.41. The summed E-state index contributed by atoms with van der Waals surface area (Å²) in [7, 11) is -3.52. The van der Waals surface area contributed by atoms with E-state index in [1.165, 1.54) is 10.7 Å². The van der Waals surface area contributed by atoms with Crippen LogP contribution in [0.5, 0.6) is 0 Å². The lowest BCUT2D eigenvalue weighted by Gasteiger charge is -2.31. The monoisotopic (exact) mass is 372 g/mol. The summed E-state index contributed by atoms with van der Waals surface area (Å²) in [5.74, 6) is 0.697. The molecule has 0 aliphatic carbocycles. The molecule has 2 aliphatic heterocycles. The van der Waals surface area contributed by atoms with Gasteiger partial charge in [-0.2, -0.15) is 0 Å². The predicted molar refractivity (Wildman–Crippen MR) is 103 cm³/mol. The quantitative estimate of drug-likeness (QED) is 0.827. The van der Waals surface area contributed by atoms with Crippen molar-refractivity contribution in [1.82, 2.24) is 4.90 Å². The molecule has 5 nitrogen and oxygen atoms in total. The molecule has 138 valence electrons. The number of carbonyl (C=O) groups excluding carboxylic acids is 1. The molecule has 1 atom stereocenters. The zero-order valence-corrected chi connectivity index (χ0v) is 15.8. The van der Waals surface area contributed by atoms with Crippen LogP contribution in [-0.4, -0.2) is 38.9 Å². The van der Waals surface area contributed by atoms with E-state index in [2.05, 4.69) is 6.92 Å². The van der Waals surface area contributed by atoms with Crippen molar-refractivity contribution in [3.63, 3.8) is 0 Å². The molecule has 26 heavy (non-hydrogen) atoms. The van der Waals surface area contributed by atoms with Crippen molar-refractivity contribution in [3.05, 3.63) is 36.4 Å². The summed E-state index contributed by atoms with van der Waals surface area (Å²) < 4.78 is 27.3. The van der Waals surface area contributed by atoms with Gasteiger partial charge in [0, 0.05) is 31.4 Å². The molecule has 1 amide bonds. The summed E-state index contributed by atoms with van der Waals surface area (Å²) in [6.07, 6.45) is 3.17. The molecule has 2 aromatic rings. The summed E-state index contributed by atoms with van der Waals surface area (Å²) in [6, 6.07) is 11.1. The molecule has 6 heteroatoms. The van der Waals surface area contributed by atoms with Crippen LogP contribution in [0.15, 0.2) is 41.3 Å². The highest BCUT2D eigenvalue weighted by atomic mass is 32.2. The average molecular weight is 372 g/mol. The number of rotatable bonds is 4. The Kier molecular flexibility index (Phi) is 4.39. The smallest absolute Gasteiger partial charge is 0.265 e. The van der Waals surface area contributed by atoms with E-state index in [-0.39, 0.29) is 5.91 Å². The maximum atomic E-state index is 12.9. The Morgan fingerprint density at radius 1 is 1.19 bits per heavy atom. The van der Waals surface area contributed by atoms with E-state index >= 15 is 0 Å². The van der Waals surface area contributed by atoms with Crippen LogP contribution < -0.4 is 4.31 Å². The van der Waals surface area contributed by atoms with Crippen LogP contribution in [0.2, 0.25) is 0 Å². The van der Waals surface area contributed by atoms with Gasteiger partial charge in [0.25, 0.3) is 10.0 Å². The van der Waals surface area contributed by atoms with Gasteiger partial charge in [-0.25, -0.2) is 8.42 Å². The SMILES string of the molecule is C[C@H]1CCCN(C(=O)CCCN2c3cccc4cccc(c34)S2(=O)=O)C1. The van der Waals surface area contributed by atoms with Crippen molar-refractivity contribution >= 4 is 32.4 Å². The van der Waals surface area contributed by atoms with Crippen LogP contribution >= 0.6 is 0 Å². The molecule has 0 aromatic heterocycles. The van der Waals surface area contributed by atoms with E-state index in [1.54, 1.807) is 12.1 Å². The summed E-state index contributed by atoms with van der Waals surface area (Å²) in [4.78, 5) is 14.8. The Morgan fingerprint density at radius 2 is 1.96 bits per heavy atom. The van der Waals surface area contributed by atoms with E-state index in [4.69, 9.17) is 0 Å². The van der Waals surface area contributed by atoms with Crippen molar-refractivity contribution < 1.29 is 13.2 Å². The lowest BCUT2D eigenvalue weighted by molar-refractivity contribution is -0.132. The molecular formula is C20H24N2O3S. The zero-order chi connectivity index (χ0) is 18.3. The van der Waals surface area contributed by atoms with Gasteiger partial charge in [0.1, 0.15) is 0 Å². The molecular weight excluding hydrogens is 348 g/mol. The molecule has 0 unspecified atom stereocenters. The topological polar surface area (TPSA) is 57.7 Å². The Labute approximate surface area is 154 Å². The first kappa shape index (κ1) is 17.3. The number of hydrogen-bond donors (Lipinski definition) is 0. The fourth-order valence-electron chi connectivity index (χ4n) is 4.15. The minimum absolute atomic E-state index is 0.142. The largest absolute Gasteiger partial charge is 0.342 e. The second kappa shape index (κ2) is 6.58. The molecule has 2 aliphatic rings. The van der Waals surface area contributed by atoms with E-state index in [1.807, 2.05) is 29.2 Å². The lowest BCUT2D eigenvalue weighted by atomic mass is 10.00. The van der Waals surface area contributed by atoms with E-state index < -0.39 is 10.0 Å². The first-order valence-electron chi connectivity index (χ1n) is 9.31. The third-order valence-corrected chi connectivity index (χ3v) is 7.30. The highest BCUT2D eigenvalue weighted by Gasteiger charge is 2.35. The third kappa shape index (κ3) is 2.86. The Hall–Kier alpha value is -2.08. The third-order valence-electron chi connectivity index (χ3n) is 5.44. The number of sulfonamides is 1. The molecule has 1 saturated heterocycles. The number of carbonyl (C=O) groups is 1. The van der Waals surface area contributed by atoms with Gasteiger partial charge < -0.3 is 4.90 Å². The fraction of sp³-hybridized carbons (Fsp3) is 0.450. The van der Waals surface area contributed by atoms with Gasteiger partial charge >= 0.3 is 0 Å². The first-order valence-corrected chi connectivity index (χ1v) is 10.7. The number of amides is 1. The van der Waals surface area contributed by atoms with Crippen molar-refractivity contribution in [2.45, 2.75) is 37.5 Å². The van der Waals surface area contributed by atoms with Crippen molar-refractivity contribution in [3.8, 4) is 0 Å². The summed E-state index contributed by atoms with van der Waals surface area (Å²) in [6.45, 7) is 4.17. The maximum Gasteiger partial charge on any atom is 0.265 e. The van der Waals surface area contributed by atoms with Crippen molar-refractivity contribution in [1.29, 1.82) is 0 Å². The van der Waals surface area contributed by atoms with Crippen LogP contribution in [0.25, 0.3) is 10.8 Å². The summed E-state index contributed by atoms with van der Waals surface area (Å²) in [5.41, 5.74) is 0.733. The van der Waals surface area contributed by atoms with Gasteiger partial charge in [-0.15, -0.1) is 0 Å². The molecule has 0 N–H and O–H groups in total. The van der Waals surface area contributed by atoms with Gasteiger partial charge in [0.05, 0.1) is 10.6 Å². The first-order chi connectivity index (χ1) is 12.5. The Morgan fingerprint density at radius 3 is 2.73 bits per heavy atom. The number of piperidine rings is 1. The minimum Gasteiger partial charge on any atom is -0.342 e. The van der Waals surface area contributed by atoms with Crippen LogP contribution in [0.4, 0.5) is 5.69 Å². The van der Waals surface area contributed by atoms with E-state index in [9.17, 15) is 13.2 Å². The van der Waals surface area contributed by atoms with Gasteiger partial charge in [-0.1, -0.05) is 31.2 Å².